The van der Waals surface area contributed by atoms with Gasteiger partial charge in [-0.25, -0.2) is 4.98 Å². The maximum atomic E-state index is 12.8. The van der Waals surface area contributed by atoms with Gasteiger partial charge in [0, 0.05) is 18.7 Å². The van der Waals surface area contributed by atoms with Gasteiger partial charge in [-0.2, -0.15) is 5.01 Å². The number of carbonyl (C=O) groups is 2. The van der Waals surface area contributed by atoms with Crippen molar-refractivity contribution in [2.45, 2.75) is 6.92 Å². The van der Waals surface area contributed by atoms with Gasteiger partial charge in [-0.3, -0.25) is 15.0 Å². The van der Waals surface area contributed by atoms with Gasteiger partial charge in [0.1, 0.15) is 5.82 Å². The summed E-state index contributed by atoms with van der Waals surface area (Å²) in [5.41, 5.74) is 5.83. The maximum absolute atomic E-state index is 12.8. The SMILES string of the molecule is Cc1cccc(C(=O)NN2C(=O)/C(=C\c3nc4ccccc4n3C)SC2=S)c1. The summed E-state index contributed by atoms with van der Waals surface area (Å²) >= 11 is 6.42. The van der Waals surface area contributed by atoms with E-state index < -0.39 is 0 Å². The highest BCUT2D eigenvalue weighted by molar-refractivity contribution is 8.26. The van der Waals surface area contributed by atoms with Gasteiger partial charge >= 0.3 is 0 Å². The van der Waals surface area contributed by atoms with Crippen molar-refractivity contribution >= 4 is 57.2 Å². The zero-order valence-corrected chi connectivity index (χ0v) is 16.8. The number of thiocarbonyl (C=S) groups is 1. The molecule has 0 saturated carbocycles. The van der Waals surface area contributed by atoms with Crippen LogP contribution in [0.5, 0.6) is 0 Å². The first-order valence-corrected chi connectivity index (χ1v) is 9.73. The van der Waals surface area contributed by atoms with Crippen LogP contribution in [0.3, 0.4) is 0 Å². The summed E-state index contributed by atoms with van der Waals surface area (Å²) in [5.74, 6) is -0.112. The molecule has 0 radical (unpaired) electrons. The summed E-state index contributed by atoms with van der Waals surface area (Å²) in [7, 11) is 1.89. The Morgan fingerprint density at radius 1 is 1.21 bits per heavy atom. The Hall–Kier alpha value is -2.97. The van der Waals surface area contributed by atoms with Crippen molar-refractivity contribution in [2.24, 2.45) is 7.05 Å². The molecule has 140 valence electrons. The molecular weight excluding hydrogens is 392 g/mol. The van der Waals surface area contributed by atoms with Crippen LogP contribution in [0.15, 0.2) is 53.4 Å². The van der Waals surface area contributed by atoms with Crippen LogP contribution in [0.2, 0.25) is 0 Å². The van der Waals surface area contributed by atoms with Gasteiger partial charge in [-0.05, 0) is 43.4 Å². The van der Waals surface area contributed by atoms with Crippen molar-refractivity contribution in [3.8, 4) is 0 Å². The van der Waals surface area contributed by atoms with Crippen molar-refractivity contribution in [1.82, 2.24) is 20.0 Å². The number of aryl methyl sites for hydroxylation is 2. The fourth-order valence-corrected chi connectivity index (χ4v) is 4.08. The molecule has 28 heavy (non-hydrogen) atoms. The highest BCUT2D eigenvalue weighted by atomic mass is 32.2. The fraction of sp³-hybridized carbons (Fsp3) is 0.100. The Morgan fingerprint density at radius 3 is 2.75 bits per heavy atom. The summed E-state index contributed by atoms with van der Waals surface area (Å²) in [5, 5.41) is 1.11. The highest BCUT2D eigenvalue weighted by Gasteiger charge is 2.34. The maximum Gasteiger partial charge on any atom is 0.285 e. The number of carbonyl (C=O) groups excluding carboxylic acids is 2. The lowest BCUT2D eigenvalue weighted by Crippen LogP contribution is -2.44. The molecule has 1 aliphatic heterocycles. The minimum absolute atomic E-state index is 0.274. The summed E-state index contributed by atoms with van der Waals surface area (Å²) in [6.45, 7) is 1.90. The molecule has 0 bridgehead atoms. The van der Waals surface area contributed by atoms with E-state index in [1.165, 1.54) is 0 Å². The van der Waals surface area contributed by atoms with Crippen molar-refractivity contribution in [1.29, 1.82) is 0 Å². The molecule has 1 aliphatic rings. The van der Waals surface area contributed by atoms with E-state index in [4.69, 9.17) is 12.2 Å². The fourth-order valence-electron chi connectivity index (χ4n) is 2.93. The van der Waals surface area contributed by atoms with Crippen LogP contribution < -0.4 is 5.43 Å². The lowest BCUT2D eigenvalue weighted by atomic mass is 10.1. The summed E-state index contributed by atoms with van der Waals surface area (Å²) in [6, 6.07) is 14.9. The predicted octanol–water partition coefficient (Wildman–Crippen LogP) is 3.43. The molecule has 4 rings (SSSR count). The average Bonchev–Trinajstić information content (AvgIpc) is 3.13. The first kappa shape index (κ1) is 18.4. The van der Waals surface area contributed by atoms with Gasteiger partial charge in [0.25, 0.3) is 11.8 Å². The number of rotatable bonds is 3. The normalized spacial score (nSPS) is 15.6. The lowest BCUT2D eigenvalue weighted by Gasteiger charge is -2.15. The van der Waals surface area contributed by atoms with Crippen molar-refractivity contribution in [2.75, 3.05) is 0 Å². The number of aromatic nitrogens is 2. The average molecular weight is 409 g/mol. The van der Waals surface area contributed by atoms with Crippen LogP contribution >= 0.6 is 24.0 Å². The molecule has 1 aromatic heterocycles. The smallest absolute Gasteiger partial charge is 0.285 e. The first-order chi connectivity index (χ1) is 13.4. The molecule has 6 nitrogen and oxygen atoms in total. The number of thioether (sulfide) groups is 1. The number of benzene rings is 2. The highest BCUT2D eigenvalue weighted by Crippen LogP contribution is 2.31. The number of hydrazine groups is 1. The molecular formula is C20H16N4O2S2. The van der Waals surface area contributed by atoms with E-state index in [1.54, 1.807) is 24.3 Å². The number of nitrogens with one attached hydrogen (secondary N) is 1. The topological polar surface area (TPSA) is 67.2 Å². The van der Waals surface area contributed by atoms with E-state index in [-0.39, 0.29) is 16.1 Å². The van der Waals surface area contributed by atoms with Crippen LogP contribution in [-0.4, -0.2) is 30.7 Å². The van der Waals surface area contributed by atoms with Crippen molar-refractivity contribution < 1.29 is 9.59 Å². The minimum Gasteiger partial charge on any atom is -0.328 e. The lowest BCUT2D eigenvalue weighted by molar-refractivity contribution is -0.123. The van der Waals surface area contributed by atoms with E-state index >= 15 is 0 Å². The van der Waals surface area contributed by atoms with Gasteiger partial charge < -0.3 is 4.57 Å². The third-order valence-electron chi connectivity index (χ3n) is 4.37. The van der Waals surface area contributed by atoms with Gasteiger partial charge in [-0.1, -0.05) is 41.6 Å². The molecule has 1 N–H and O–H groups in total. The number of hydrogen-bond acceptors (Lipinski definition) is 5. The molecule has 2 amide bonds. The molecule has 3 aromatic rings. The molecule has 0 atom stereocenters. The number of fused-ring (bicyclic) bond motifs is 1. The quantitative estimate of drug-likeness (QED) is 0.531. The summed E-state index contributed by atoms with van der Waals surface area (Å²) in [6.07, 6.45) is 1.69. The second kappa shape index (κ2) is 7.21. The number of imidazole rings is 1. The van der Waals surface area contributed by atoms with Gasteiger partial charge in [-0.15, -0.1) is 0 Å². The molecule has 2 aromatic carbocycles. The molecule has 8 heteroatoms. The standard InChI is InChI=1S/C20H16N4O2S2/c1-12-6-5-7-13(10-12)18(25)22-24-19(26)16(28-20(24)27)11-17-21-14-8-3-4-9-15(14)23(17)2/h3-11H,1-2H3,(H,22,25)/b16-11+. The second-order valence-corrected chi connectivity index (χ2v) is 8.02. The van der Waals surface area contributed by atoms with Crippen LogP contribution in [0, 0.1) is 6.92 Å². The van der Waals surface area contributed by atoms with Gasteiger partial charge in [0.05, 0.1) is 15.9 Å². The van der Waals surface area contributed by atoms with Crippen molar-refractivity contribution in [3.05, 3.63) is 70.4 Å². The molecule has 1 saturated heterocycles. The number of para-hydroxylation sites is 2. The number of nitrogens with zero attached hydrogens (tertiary/aromatic N) is 3. The van der Waals surface area contributed by atoms with E-state index in [2.05, 4.69) is 10.4 Å². The third kappa shape index (κ3) is 3.32. The monoisotopic (exact) mass is 408 g/mol. The Morgan fingerprint density at radius 2 is 2.00 bits per heavy atom. The molecule has 2 heterocycles. The zero-order chi connectivity index (χ0) is 19.8. The van der Waals surface area contributed by atoms with E-state index in [9.17, 15) is 9.59 Å². The molecule has 0 aliphatic carbocycles. The third-order valence-corrected chi connectivity index (χ3v) is 5.67. The van der Waals surface area contributed by atoms with E-state index in [1.807, 2.05) is 48.9 Å². The first-order valence-electron chi connectivity index (χ1n) is 8.51. The molecule has 0 spiro atoms. The Bertz CT molecular complexity index is 1170. The van der Waals surface area contributed by atoms with Crippen LogP contribution in [0.4, 0.5) is 0 Å². The van der Waals surface area contributed by atoms with Crippen LogP contribution in [0.25, 0.3) is 17.1 Å². The Balaban J connectivity index is 1.59. The second-order valence-electron chi connectivity index (χ2n) is 6.35. The minimum atomic E-state index is -0.385. The summed E-state index contributed by atoms with van der Waals surface area (Å²) in [4.78, 5) is 30.2. The van der Waals surface area contributed by atoms with Gasteiger partial charge in [0.15, 0.2) is 4.32 Å². The Kier molecular flexibility index (Phi) is 4.74. The van der Waals surface area contributed by atoms with Crippen LogP contribution in [-0.2, 0) is 11.8 Å². The van der Waals surface area contributed by atoms with Crippen molar-refractivity contribution in [3.63, 3.8) is 0 Å². The van der Waals surface area contributed by atoms with Gasteiger partial charge in [0.2, 0.25) is 0 Å². The zero-order valence-electron chi connectivity index (χ0n) is 15.2. The number of hydrogen-bond donors (Lipinski definition) is 1. The van der Waals surface area contributed by atoms with Crippen LogP contribution in [0.1, 0.15) is 21.7 Å². The molecule has 1 fully saturated rings. The largest absolute Gasteiger partial charge is 0.328 e. The molecule has 0 unspecified atom stereocenters. The number of amides is 2. The van der Waals surface area contributed by atoms with E-state index in [0.29, 0.717) is 16.3 Å². The van der Waals surface area contributed by atoms with E-state index in [0.717, 1.165) is 33.4 Å². The summed E-state index contributed by atoms with van der Waals surface area (Å²) < 4.78 is 2.18. The Labute approximate surface area is 171 Å². The predicted molar refractivity (Wildman–Crippen MR) is 114 cm³/mol.